The largest absolute Gasteiger partial charge is 0.495 e. The van der Waals surface area contributed by atoms with Gasteiger partial charge in [0.2, 0.25) is 0 Å². The molecular formula is C19H19N3O4S. The second-order valence-electron chi connectivity index (χ2n) is 6.10. The molecule has 2 aromatic carbocycles. The minimum absolute atomic E-state index is 0.0181. The first-order chi connectivity index (χ1) is 12.8. The summed E-state index contributed by atoms with van der Waals surface area (Å²) in [5, 5.41) is 6.28. The van der Waals surface area contributed by atoms with Gasteiger partial charge in [-0.2, -0.15) is 5.10 Å². The molecule has 0 aliphatic heterocycles. The van der Waals surface area contributed by atoms with Crippen LogP contribution < -0.4 is 15.0 Å². The van der Waals surface area contributed by atoms with E-state index in [1.807, 2.05) is 26.0 Å². The number of aromatic nitrogens is 2. The van der Waals surface area contributed by atoms with Crippen LogP contribution in [0.1, 0.15) is 11.1 Å². The highest BCUT2D eigenvalue weighted by Crippen LogP contribution is 2.31. The zero-order chi connectivity index (χ0) is 19.6. The minimum Gasteiger partial charge on any atom is -0.495 e. The number of ether oxygens (including phenoxy) is 1. The van der Waals surface area contributed by atoms with Crippen molar-refractivity contribution < 1.29 is 13.2 Å². The fourth-order valence-electron chi connectivity index (χ4n) is 2.68. The molecule has 0 aliphatic carbocycles. The lowest BCUT2D eigenvalue weighted by atomic mass is 10.1. The molecule has 0 radical (unpaired) electrons. The summed E-state index contributed by atoms with van der Waals surface area (Å²) in [6.45, 7) is 3.78. The van der Waals surface area contributed by atoms with Gasteiger partial charge in [-0.25, -0.2) is 13.5 Å². The van der Waals surface area contributed by atoms with E-state index in [2.05, 4.69) is 14.9 Å². The number of anilines is 1. The van der Waals surface area contributed by atoms with Crippen LogP contribution in [0.2, 0.25) is 0 Å². The number of hydrogen-bond donors (Lipinski definition) is 2. The molecular weight excluding hydrogens is 366 g/mol. The van der Waals surface area contributed by atoms with Crippen molar-refractivity contribution in [3.05, 3.63) is 70.0 Å². The van der Waals surface area contributed by atoms with Crippen LogP contribution in [-0.2, 0) is 10.0 Å². The summed E-state index contributed by atoms with van der Waals surface area (Å²) in [6.07, 6.45) is 0. The van der Waals surface area contributed by atoms with Crippen molar-refractivity contribution in [2.75, 3.05) is 11.8 Å². The van der Waals surface area contributed by atoms with Gasteiger partial charge in [0.1, 0.15) is 10.6 Å². The van der Waals surface area contributed by atoms with Gasteiger partial charge in [-0.05, 0) is 49.7 Å². The van der Waals surface area contributed by atoms with E-state index >= 15 is 0 Å². The molecule has 0 bridgehead atoms. The van der Waals surface area contributed by atoms with E-state index in [0.717, 1.165) is 11.1 Å². The summed E-state index contributed by atoms with van der Waals surface area (Å²) in [6, 6.07) is 13.0. The van der Waals surface area contributed by atoms with E-state index in [1.54, 1.807) is 18.2 Å². The molecule has 1 heterocycles. The maximum Gasteiger partial charge on any atom is 0.265 e. The van der Waals surface area contributed by atoms with Crippen molar-refractivity contribution >= 4 is 15.7 Å². The SMILES string of the molecule is COc1ccc(-c2ccc(=O)[nH]n2)cc1S(=O)(=O)Nc1ccc(C)cc1C. The maximum atomic E-state index is 13.0. The fraction of sp³-hybridized carbons (Fsp3) is 0.158. The molecule has 27 heavy (non-hydrogen) atoms. The number of hydrogen-bond acceptors (Lipinski definition) is 5. The Balaban J connectivity index is 2.06. The zero-order valence-electron chi connectivity index (χ0n) is 15.1. The molecule has 7 nitrogen and oxygen atoms in total. The average Bonchev–Trinajstić information content (AvgIpc) is 2.64. The molecule has 0 spiro atoms. The Morgan fingerprint density at radius 1 is 1.04 bits per heavy atom. The van der Waals surface area contributed by atoms with E-state index in [4.69, 9.17) is 4.74 Å². The lowest BCUT2D eigenvalue weighted by molar-refractivity contribution is 0.403. The van der Waals surface area contributed by atoms with Gasteiger partial charge < -0.3 is 4.74 Å². The van der Waals surface area contributed by atoms with Crippen LogP contribution in [0, 0.1) is 13.8 Å². The first-order valence-corrected chi connectivity index (χ1v) is 9.63. The summed E-state index contributed by atoms with van der Waals surface area (Å²) in [5.41, 5.74) is 3.00. The summed E-state index contributed by atoms with van der Waals surface area (Å²) >= 11 is 0. The third-order valence-corrected chi connectivity index (χ3v) is 5.44. The Morgan fingerprint density at radius 2 is 1.81 bits per heavy atom. The number of rotatable bonds is 5. The van der Waals surface area contributed by atoms with Crippen LogP contribution in [0.15, 0.2) is 58.2 Å². The number of sulfonamides is 1. The van der Waals surface area contributed by atoms with Crippen LogP contribution >= 0.6 is 0 Å². The standard InChI is InChI=1S/C19H19N3O4S/c1-12-4-6-15(13(2)10-12)22-27(24,25)18-11-14(5-8-17(18)26-3)16-7-9-19(23)21-20-16/h4-11,22H,1-3H3,(H,21,23). The molecule has 0 saturated heterocycles. The molecule has 0 aliphatic rings. The van der Waals surface area contributed by atoms with E-state index < -0.39 is 10.0 Å². The normalized spacial score (nSPS) is 11.2. The second-order valence-corrected chi connectivity index (χ2v) is 7.75. The number of methoxy groups -OCH3 is 1. The summed E-state index contributed by atoms with van der Waals surface area (Å²) in [5.74, 6) is 0.209. The third-order valence-electron chi connectivity index (χ3n) is 4.05. The number of nitrogens with one attached hydrogen (secondary N) is 2. The van der Waals surface area contributed by atoms with Crippen LogP contribution in [0.25, 0.3) is 11.3 Å². The van der Waals surface area contributed by atoms with Gasteiger partial charge in [-0.3, -0.25) is 9.52 Å². The van der Waals surface area contributed by atoms with Crippen molar-refractivity contribution in [1.82, 2.24) is 10.2 Å². The quantitative estimate of drug-likeness (QED) is 0.703. The number of H-pyrrole nitrogens is 1. The Labute approximate surface area is 157 Å². The van der Waals surface area contributed by atoms with Crippen molar-refractivity contribution in [1.29, 1.82) is 0 Å². The predicted octanol–water partition coefficient (Wildman–Crippen LogP) is 2.86. The van der Waals surface area contributed by atoms with Crippen LogP contribution in [-0.4, -0.2) is 25.7 Å². The summed E-state index contributed by atoms with van der Waals surface area (Å²) in [7, 11) is -2.50. The fourth-order valence-corrected chi connectivity index (χ4v) is 4.01. The van der Waals surface area contributed by atoms with Crippen LogP contribution in [0.5, 0.6) is 5.75 Å². The van der Waals surface area contributed by atoms with Gasteiger partial charge in [-0.1, -0.05) is 17.7 Å². The highest BCUT2D eigenvalue weighted by molar-refractivity contribution is 7.92. The van der Waals surface area contributed by atoms with Gasteiger partial charge in [-0.15, -0.1) is 0 Å². The lowest BCUT2D eigenvalue weighted by Crippen LogP contribution is -2.15. The van der Waals surface area contributed by atoms with Crippen molar-refractivity contribution in [2.24, 2.45) is 0 Å². The van der Waals surface area contributed by atoms with Crippen LogP contribution in [0.3, 0.4) is 0 Å². The Bertz CT molecular complexity index is 1130. The van der Waals surface area contributed by atoms with Crippen LogP contribution in [0.4, 0.5) is 5.69 Å². The van der Waals surface area contributed by atoms with E-state index in [1.165, 1.54) is 25.3 Å². The number of aromatic amines is 1. The Morgan fingerprint density at radius 3 is 2.44 bits per heavy atom. The first-order valence-electron chi connectivity index (χ1n) is 8.14. The summed E-state index contributed by atoms with van der Waals surface area (Å²) in [4.78, 5) is 11.2. The monoisotopic (exact) mass is 385 g/mol. The molecule has 0 amide bonds. The van der Waals surface area contributed by atoms with Crippen molar-refractivity contribution in [3.8, 4) is 17.0 Å². The van der Waals surface area contributed by atoms with Gasteiger partial charge in [0.25, 0.3) is 15.6 Å². The molecule has 1 aromatic heterocycles. The second kappa shape index (κ2) is 7.24. The first kappa shape index (κ1) is 18.7. The molecule has 2 N–H and O–H groups in total. The lowest BCUT2D eigenvalue weighted by Gasteiger charge is -2.14. The summed E-state index contributed by atoms with van der Waals surface area (Å²) < 4.78 is 33.8. The molecule has 0 atom stereocenters. The smallest absolute Gasteiger partial charge is 0.265 e. The molecule has 3 aromatic rings. The molecule has 0 unspecified atom stereocenters. The van der Waals surface area contributed by atoms with E-state index in [-0.39, 0.29) is 16.2 Å². The minimum atomic E-state index is -3.90. The Kier molecular flexibility index (Phi) is 5.00. The average molecular weight is 385 g/mol. The van der Waals surface area contributed by atoms with E-state index in [9.17, 15) is 13.2 Å². The molecule has 140 valence electrons. The molecule has 8 heteroatoms. The number of benzene rings is 2. The van der Waals surface area contributed by atoms with Crippen molar-refractivity contribution in [2.45, 2.75) is 18.7 Å². The van der Waals surface area contributed by atoms with Gasteiger partial charge >= 0.3 is 0 Å². The van der Waals surface area contributed by atoms with Crippen molar-refractivity contribution in [3.63, 3.8) is 0 Å². The number of nitrogens with zero attached hydrogens (tertiary/aromatic N) is 1. The van der Waals surface area contributed by atoms with E-state index in [0.29, 0.717) is 16.9 Å². The number of aryl methyl sites for hydroxylation is 2. The molecule has 3 rings (SSSR count). The van der Waals surface area contributed by atoms with Gasteiger partial charge in [0.15, 0.2) is 0 Å². The zero-order valence-corrected chi connectivity index (χ0v) is 15.9. The van der Waals surface area contributed by atoms with Gasteiger partial charge in [0, 0.05) is 11.6 Å². The maximum absolute atomic E-state index is 13.0. The topological polar surface area (TPSA) is 101 Å². The highest BCUT2D eigenvalue weighted by Gasteiger charge is 2.21. The predicted molar refractivity (Wildman–Crippen MR) is 104 cm³/mol. The molecule has 0 fully saturated rings. The molecule has 0 saturated carbocycles. The Hall–Kier alpha value is -3.13. The third kappa shape index (κ3) is 4.01. The van der Waals surface area contributed by atoms with Gasteiger partial charge in [0.05, 0.1) is 18.5 Å². The highest BCUT2D eigenvalue weighted by atomic mass is 32.2.